The zero-order chi connectivity index (χ0) is 15.4. The molecule has 21 heavy (non-hydrogen) atoms. The van der Waals surface area contributed by atoms with Crippen LogP contribution in [0.4, 0.5) is 5.69 Å². The molecular weight excluding hydrogens is 270 g/mol. The van der Waals surface area contributed by atoms with E-state index in [0.29, 0.717) is 28.4 Å². The van der Waals surface area contributed by atoms with E-state index < -0.39 is 5.91 Å². The molecule has 6 nitrogen and oxygen atoms in total. The van der Waals surface area contributed by atoms with Gasteiger partial charge in [-0.1, -0.05) is 6.07 Å². The van der Waals surface area contributed by atoms with Crippen molar-refractivity contribution in [3.8, 4) is 23.3 Å². The zero-order valence-electron chi connectivity index (χ0n) is 11.3. The molecule has 2 aromatic rings. The fraction of sp³-hybridized carbons (Fsp3) is 0.0667. The highest BCUT2D eigenvalue weighted by molar-refractivity contribution is 5.93. The molecule has 0 aromatic heterocycles. The lowest BCUT2D eigenvalue weighted by molar-refractivity contribution is 0.1000. The van der Waals surface area contributed by atoms with Crippen LogP contribution in [0.15, 0.2) is 36.4 Å². The predicted octanol–water partition coefficient (Wildman–Crippen LogP) is 2.04. The van der Waals surface area contributed by atoms with Crippen molar-refractivity contribution in [2.24, 2.45) is 5.73 Å². The van der Waals surface area contributed by atoms with Crippen molar-refractivity contribution >= 4 is 11.6 Å². The second-order valence-corrected chi connectivity index (χ2v) is 4.16. The number of primary amides is 1. The number of methoxy groups -OCH3 is 1. The van der Waals surface area contributed by atoms with Crippen molar-refractivity contribution in [1.82, 2.24) is 0 Å². The van der Waals surface area contributed by atoms with Crippen LogP contribution >= 0.6 is 0 Å². The van der Waals surface area contributed by atoms with E-state index in [1.807, 2.05) is 6.07 Å². The number of nitriles is 1. The summed E-state index contributed by atoms with van der Waals surface area (Å²) in [4.78, 5) is 11.1. The maximum absolute atomic E-state index is 11.1. The van der Waals surface area contributed by atoms with Crippen LogP contribution in [-0.2, 0) is 0 Å². The maximum Gasteiger partial charge on any atom is 0.248 e. The first-order chi connectivity index (χ1) is 10.1. The summed E-state index contributed by atoms with van der Waals surface area (Å²) >= 11 is 0. The predicted molar refractivity (Wildman–Crippen MR) is 77.2 cm³/mol. The van der Waals surface area contributed by atoms with Gasteiger partial charge in [-0.25, -0.2) is 0 Å². The molecule has 6 heteroatoms. The minimum atomic E-state index is -0.564. The lowest BCUT2D eigenvalue weighted by Crippen LogP contribution is -2.10. The molecule has 0 heterocycles. The minimum Gasteiger partial charge on any atom is -0.493 e. The number of ether oxygens (including phenoxy) is 2. The Morgan fingerprint density at radius 3 is 2.57 bits per heavy atom. The van der Waals surface area contributed by atoms with E-state index in [2.05, 4.69) is 0 Å². The molecule has 0 spiro atoms. The third kappa shape index (κ3) is 2.87. The highest BCUT2D eigenvalue weighted by Gasteiger charge is 2.12. The molecule has 2 rings (SSSR count). The summed E-state index contributed by atoms with van der Waals surface area (Å²) < 4.78 is 10.8. The molecule has 0 saturated heterocycles. The fourth-order valence-electron chi connectivity index (χ4n) is 1.75. The molecule has 0 fully saturated rings. The van der Waals surface area contributed by atoms with Crippen molar-refractivity contribution in [3.05, 3.63) is 47.5 Å². The van der Waals surface area contributed by atoms with E-state index in [1.54, 1.807) is 24.3 Å². The number of carbonyl (C=O) groups excluding carboxylic acids is 1. The molecule has 2 aromatic carbocycles. The molecular formula is C15H13N3O3. The number of benzene rings is 2. The molecule has 0 saturated carbocycles. The van der Waals surface area contributed by atoms with E-state index in [-0.39, 0.29) is 5.69 Å². The summed E-state index contributed by atoms with van der Waals surface area (Å²) in [6.07, 6.45) is 0. The summed E-state index contributed by atoms with van der Waals surface area (Å²) in [5.41, 5.74) is 11.9. The number of rotatable bonds is 4. The average Bonchev–Trinajstić information content (AvgIpc) is 2.49. The van der Waals surface area contributed by atoms with Gasteiger partial charge in [-0.2, -0.15) is 5.26 Å². The van der Waals surface area contributed by atoms with Crippen LogP contribution in [0.1, 0.15) is 15.9 Å². The van der Waals surface area contributed by atoms with Gasteiger partial charge >= 0.3 is 0 Å². The molecule has 0 unspecified atom stereocenters. The van der Waals surface area contributed by atoms with Crippen molar-refractivity contribution in [2.45, 2.75) is 0 Å². The topological polar surface area (TPSA) is 111 Å². The van der Waals surface area contributed by atoms with E-state index in [4.69, 9.17) is 26.2 Å². The average molecular weight is 283 g/mol. The van der Waals surface area contributed by atoms with Gasteiger partial charge in [-0.05, 0) is 30.3 Å². The molecule has 0 aliphatic heterocycles. The molecule has 0 atom stereocenters. The van der Waals surface area contributed by atoms with Gasteiger partial charge in [0.05, 0.1) is 18.4 Å². The standard InChI is InChI=1S/C15H13N3O3/c1-20-13-7-9(15(18)19)5-6-11(13)21-12-4-2-3-10(8-16)14(12)17/h2-7H,17H2,1H3,(H2,18,19). The first-order valence-corrected chi connectivity index (χ1v) is 6.01. The summed E-state index contributed by atoms with van der Waals surface area (Å²) in [6.45, 7) is 0. The van der Waals surface area contributed by atoms with Gasteiger partial charge < -0.3 is 20.9 Å². The van der Waals surface area contributed by atoms with Crippen molar-refractivity contribution in [1.29, 1.82) is 5.26 Å². The van der Waals surface area contributed by atoms with Gasteiger partial charge in [0, 0.05) is 5.56 Å². The summed E-state index contributed by atoms with van der Waals surface area (Å²) in [6, 6.07) is 11.4. The SMILES string of the molecule is COc1cc(C(N)=O)ccc1Oc1cccc(C#N)c1N. The van der Waals surface area contributed by atoms with E-state index in [1.165, 1.54) is 19.2 Å². The van der Waals surface area contributed by atoms with Gasteiger partial charge in [0.25, 0.3) is 0 Å². The first-order valence-electron chi connectivity index (χ1n) is 6.01. The van der Waals surface area contributed by atoms with Crippen LogP contribution in [0.5, 0.6) is 17.2 Å². The lowest BCUT2D eigenvalue weighted by Gasteiger charge is -2.13. The highest BCUT2D eigenvalue weighted by Crippen LogP contribution is 2.35. The second-order valence-electron chi connectivity index (χ2n) is 4.16. The Hall–Kier alpha value is -3.20. The summed E-state index contributed by atoms with van der Waals surface area (Å²) in [7, 11) is 1.45. The number of hydrogen-bond donors (Lipinski definition) is 2. The van der Waals surface area contributed by atoms with Crippen molar-refractivity contribution in [2.75, 3.05) is 12.8 Å². The molecule has 0 aliphatic carbocycles. The van der Waals surface area contributed by atoms with Crippen molar-refractivity contribution in [3.63, 3.8) is 0 Å². The van der Waals surface area contributed by atoms with E-state index in [0.717, 1.165) is 0 Å². The third-order valence-electron chi connectivity index (χ3n) is 2.85. The van der Waals surface area contributed by atoms with Gasteiger partial charge in [-0.15, -0.1) is 0 Å². The Bertz CT molecular complexity index is 735. The Morgan fingerprint density at radius 2 is 1.95 bits per heavy atom. The monoisotopic (exact) mass is 283 g/mol. The fourth-order valence-corrected chi connectivity index (χ4v) is 1.75. The number of hydrogen-bond acceptors (Lipinski definition) is 5. The number of anilines is 1. The van der Waals surface area contributed by atoms with Gasteiger partial charge in [0.15, 0.2) is 17.2 Å². The smallest absolute Gasteiger partial charge is 0.248 e. The van der Waals surface area contributed by atoms with Crippen LogP contribution < -0.4 is 20.9 Å². The Kier molecular flexibility index (Phi) is 3.95. The van der Waals surface area contributed by atoms with Gasteiger partial charge in [-0.3, -0.25) is 4.79 Å². The molecule has 4 N–H and O–H groups in total. The molecule has 1 amide bonds. The number of carbonyl (C=O) groups is 1. The van der Waals surface area contributed by atoms with Crippen LogP contribution in [0.3, 0.4) is 0 Å². The van der Waals surface area contributed by atoms with Crippen LogP contribution in [0, 0.1) is 11.3 Å². The number of para-hydroxylation sites is 1. The normalized spacial score (nSPS) is 9.71. The van der Waals surface area contributed by atoms with Gasteiger partial charge in [0.2, 0.25) is 5.91 Å². The summed E-state index contributed by atoms with van der Waals surface area (Å²) in [5.74, 6) is 0.474. The molecule has 0 bridgehead atoms. The number of nitrogens with zero attached hydrogens (tertiary/aromatic N) is 1. The summed E-state index contributed by atoms with van der Waals surface area (Å²) in [5, 5.41) is 8.95. The zero-order valence-corrected chi connectivity index (χ0v) is 11.3. The van der Waals surface area contributed by atoms with Crippen LogP contribution in [0.25, 0.3) is 0 Å². The largest absolute Gasteiger partial charge is 0.493 e. The number of nitrogen functional groups attached to an aromatic ring is 1. The first kappa shape index (κ1) is 14.2. The Morgan fingerprint density at radius 1 is 1.19 bits per heavy atom. The van der Waals surface area contributed by atoms with Crippen molar-refractivity contribution < 1.29 is 14.3 Å². The second kappa shape index (κ2) is 5.84. The van der Waals surface area contributed by atoms with E-state index >= 15 is 0 Å². The van der Waals surface area contributed by atoms with Crippen LogP contribution in [0.2, 0.25) is 0 Å². The third-order valence-corrected chi connectivity index (χ3v) is 2.85. The Balaban J connectivity index is 2.40. The highest BCUT2D eigenvalue weighted by atomic mass is 16.5. The number of nitrogens with two attached hydrogens (primary N) is 2. The van der Waals surface area contributed by atoms with Gasteiger partial charge in [0.1, 0.15) is 6.07 Å². The quantitative estimate of drug-likeness (QED) is 0.834. The Labute approximate surface area is 121 Å². The molecule has 0 aliphatic rings. The van der Waals surface area contributed by atoms with Crippen LogP contribution in [-0.4, -0.2) is 13.0 Å². The number of amides is 1. The molecule has 0 radical (unpaired) electrons. The van der Waals surface area contributed by atoms with E-state index in [9.17, 15) is 4.79 Å². The maximum atomic E-state index is 11.1. The lowest BCUT2D eigenvalue weighted by atomic mass is 10.1. The minimum absolute atomic E-state index is 0.237. The molecule has 106 valence electrons.